The van der Waals surface area contributed by atoms with Gasteiger partial charge in [0, 0.05) is 35.9 Å². The number of hydrogen-bond donors (Lipinski definition) is 3. The van der Waals surface area contributed by atoms with Crippen LogP contribution in [-0.2, 0) is 0 Å². The zero-order valence-electron chi connectivity index (χ0n) is 15.4. The first-order chi connectivity index (χ1) is 13.0. The molecule has 0 saturated carbocycles. The van der Waals surface area contributed by atoms with E-state index >= 15 is 0 Å². The molecule has 0 bridgehead atoms. The van der Waals surface area contributed by atoms with Crippen molar-refractivity contribution in [3.05, 3.63) is 59.8 Å². The number of nitrogens with one attached hydrogen (secondary N) is 3. The van der Waals surface area contributed by atoms with Crippen LogP contribution in [0.4, 0.5) is 23.1 Å². The van der Waals surface area contributed by atoms with Crippen molar-refractivity contribution in [2.45, 2.75) is 20.8 Å². The minimum absolute atomic E-state index is 0.273. The Morgan fingerprint density at radius 3 is 2.37 bits per heavy atom. The quantitative estimate of drug-likeness (QED) is 0.617. The normalized spacial score (nSPS) is 10.3. The number of aryl methyl sites for hydroxylation is 2. The van der Waals surface area contributed by atoms with Crippen LogP contribution in [0, 0.1) is 13.8 Å². The van der Waals surface area contributed by atoms with Crippen LogP contribution in [0.25, 0.3) is 0 Å². The molecule has 0 aliphatic rings. The highest BCUT2D eigenvalue weighted by atomic mass is 16.1. The van der Waals surface area contributed by atoms with Crippen molar-refractivity contribution < 1.29 is 4.79 Å². The van der Waals surface area contributed by atoms with Crippen molar-refractivity contribution in [1.82, 2.24) is 19.9 Å². The molecule has 0 unspecified atom stereocenters. The first kappa shape index (κ1) is 18.2. The Morgan fingerprint density at radius 1 is 0.963 bits per heavy atom. The minimum Gasteiger partial charge on any atom is -0.354 e. The van der Waals surface area contributed by atoms with Gasteiger partial charge in [0.1, 0.15) is 11.5 Å². The SMILES string of the molecule is CCNc1nc(C)cc(Nc2ccc(NC(=O)c3cnc(C)cn3)cc2)n1. The Balaban J connectivity index is 1.67. The molecule has 0 spiro atoms. The van der Waals surface area contributed by atoms with Gasteiger partial charge in [-0.25, -0.2) is 9.97 Å². The predicted molar refractivity (Wildman–Crippen MR) is 105 cm³/mol. The summed E-state index contributed by atoms with van der Waals surface area (Å²) in [5.41, 5.74) is 3.42. The van der Waals surface area contributed by atoms with E-state index in [9.17, 15) is 4.79 Å². The van der Waals surface area contributed by atoms with E-state index in [0.717, 1.165) is 23.6 Å². The fraction of sp³-hybridized carbons (Fsp3) is 0.211. The van der Waals surface area contributed by atoms with Crippen molar-refractivity contribution in [3.63, 3.8) is 0 Å². The van der Waals surface area contributed by atoms with E-state index in [2.05, 4.69) is 35.9 Å². The molecule has 0 saturated heterocycles. The summed E-state index contributed by atoms with van der Waals surface area (Å²) in [5.74, 6) is 0.984. The molecule has 0 aliphatic carbocycles. The highest BCUT2D eigenvalue weighted by Gasteiger charge is 2.08. The number of aromatic nitrogens is 4. The Bertz CT molecular complexity index is 924. The molecule has 27 heavy (non-hydrogen) atoms. The molecule has 1 aromatic carbocycles. The van der Waals surface area contributed by atoms with Crippen LogP contribution in [0.2, 0.25) is 0 Å². The van der Waals surface area contributed by atoms with Crippen molar-refractivity contribution in [3.8, 4) is 0 Å². The summed E-state index contributed by atoms with van der Waals surface area (Å²) in [6, 6.07) is 9.20. The number of hydrogen-bond acceptors (Lipinski definition) is 7. The third-order valence-corrected chi connectivity index (χ3v) is 3.62. The van der Waals surface area contributed by atoms with Crippen molar-refractivity contribution in [2.24, 2.45) is 0 Å². The third kappa shape index (κ3) is 4.97. The van der Waals surface area contributed by atoms with Crippen molar-refractivity contribution in [2.75, 3.05) is 22.5 Å². The molecule has 8 nitrogen and oxygen atoms in total. The summed E-state index contributed by atoms with van der Waals surface area (Å²) in [7, 11) is 0. The second-order valence-electron chi connectivity index (χ2n) is 5.95. The van der Waals surface area contributed by atoms with Gasteiger partial charge in [-0.15, -0.1) is 0 Å². The Labute approximate surface area is 157 Å². The van der Waals surface area contributed by atoms with Crippen LogP contribution in [0.3, 0.4) is 0 Å². The van der Waals surface area contributed by atoms with E-state index in [1.54, 1.807) is 18.3 Å². The summed E-state index contributed by atoms with van der Waals surface area (Å²) < 4.78 is 0. The first-order valence-corrected chi connectivity index (χ1v) is 8.60. The largest absolute Gasteiger partial charge is 0.354 e. The van der Waals surface area contributed by atoms with Crippen molar-refractivity contribution >= 4 is 29.0 Å². The van der Waals surface area contributed by atoms with Crippen LogP contribution in [0.15, 0.2) is 42.7 Å². The van der Waals surface area contributed by atoms with Crippen LogP contribution in [-0.4, -0.2) is 32.4 Å². The van der Waals surface area contributed by atoms with E-state index in [1.807, 2.05) is 39.0 Å². The molecule has 3 aromatic rings. The van der Waals surface area contributed by atoms with Crippen LogP contribution in [0.1, 0.15) is 28.8 Å². The maximum absolute atomic E-state index is 12.2. The molecule has 3 N–H and O–H groups in total. The van der Waals surface area contributed by atoms with Gasteiger partial charge in [0.25, 0.3) is 5.91 Å². The number of amides is 1. The molecule has 1 amide bonds. The van der Waals surface area contributed by atoms with Gasteiger partial charge in [0.05, 0.1) is 11.9 Å². The molecule has 3 rings (SSSR count). The van der Waals surface area contributed by atoms with Crippen LogP contribution >= 0.6 is 0 Å². The fourth-order valence-corrected chi connectivity index (χ4v) is 2.36. The smallest absolute Gasteiger partial charge is 0.275 e. The maximum Gasteiger partial charge on any atom is 0.275 e. The molecule has 138 valence electrons. The zero-order chi connectivity index (χ0) is 19.2. The lowest BCUT2D eigenvalue weighted by Gasteiger charge is -2.10. The summed E-state index contributed by atoms with van der Waals surface area (Å²) in [4.78, 5) is 29.1. The van der Waals surface area contributed by atoms with Gasteiger partial charge in [-0.1, -0.05) is 0 Å². The molecule has 2 aromatic heterocycles. The summed E-state index contributed by atoms with van der Waals surface area (Å²) >= 11 is 0. The van der Waals surface area contributed by atoms with Crippen molar-refractivity contribution in [1.29, 1.82) is 0 Å². The lowest BCUT2D eigenvalue weighted by Crippen LogP contribution is -2.14. The fourth-order valence-electron chi connectivity index (χ4n) is 2.36. The zero-order valence-corrected chi connectivity index (χ0v) is 15.4. The number of carbonyl (C=O) groups is 1. The number of carbonyl (C=O) groups excluding carboxylic acids is 1. The molecule has 0 fully saturated rings. The molecule has 2 heterocycles. The number of benzene rings is 1. The van der Waals surface area contributed by atoms with Gasteiger partial charge in [-0.2, -0.15) is 4.98 Å². The van der Waals surface area contributed by atoms with Gasteiger partial charge in [-0.05, 0) is 45.0 Å². The second-order valence-corrected chi connectivity index (χ2v) is 5.95. The molecular weight excluding hydrogens is 342 g/mol. The summed E-state index contributed by atoms with van der Waals surface area (Å²) in [6.45, 7) is 6.48. The Hall–Kier alpha value is -3.55. The van der Waals surface area contributed by atoms with E-state index in [4.69, 9.17) is 0 Å². The summed E-state index contributed by atoms with van der Waals surface area (Å²) in [6.07, 6.45) is 3.02. The lowest BCUT2D eigenvalue weighted by molar-refractivity contribution is 0.102. The van der Waals surface area contributed by atoms with E-state index in [0.29, 0.717) is 17.5 Å². The van der Waals surface area contributed by atoms with Gasteiger partial charge >= 0.3 is 0 Å². The number of rotatable bonds is 6. The number of anilines is 4. The topological polar surface area (TPSA) is 105 Å². The lowest BCUT2D eigenvalue weighted by atomic mass is 10.2. The monoisotopic (exact) mass is 363 g/mol. The molecule has 0 atom stereocenters. The van der Waals surface area contributed by atoms with Gasteiger partial charge in [0.15, 0.2) is 0 Å². The van der Waals surface area contributed by atoms with Gasteiger partial charge < -0.3 is 16.0 Å². The second kappa shape index (κ2) is 8.22. The number of nitrogens with zero attached hydrogens (tertiary/aromatic N) is 4. The molecule has 0 aliphatic heterocycles. The average Bonchev–Trinajstić information content (AvgIpc) is 2.64. The Morgan fingerprint density at radius 2 is 1.70 bits per heavy atom. The highest BCUT2D eigenvalue weighted by molar-refractivity contribution is 6.02. The predicted octanol–water partition coefficient (Wildman–Crippen LogP) is 3.31. The third-order valence-electron chi connectivity index (χ3n) is 3.62. The highest BCUT2D eigenvalue weighted by Crippen LogP contribution is 2.19. The van der Waals surface area contributed by atoms with E-state index < -0.39 is 0 Å². The van der Waals surface area contributed by atoms with Gasteiger partial charge in [-0.3, -0.25) is 9.78 Å². The Kier molecular flexibility index (Phi) is 5.55. The first-order valence-electron chi connectivity index (χ1n) is 8.60. The molecular formula is C19H21N7O. The van der Waals surface area contributed by atoms with Crippen LogP contribution in [0.5, 0.6) is 0 Å². The minimum atomic E-state index is -0.301. The van der Waals surface area contributed by atoms with Gasteiger partial charge in [0.2, 0.25) is 5.95 Å². The van der Waals surface area contributed by atoms with Crippen LogP contribution < -0.4 is 16.0 Å². The van der Waals surface area contributed by atoms with E-state index in [1.165, 1.54) is 6.20 Å². The maximum atomic E-state index is 12.2. The molecule has 8 heteroatoms. The summed E-state index contributed by atoms with van der Waals surface area (Å²) in [5, 5.41) is 9.14. The molecule has 0 radical (unpaired) electrons. The van der Waals surface area contributed by atoms with E-state index in [-0.39, 0.29) is 11.6 Å². The standard InChI is InChI=1S/C19H21N7O/c1-4-20-19-23-12(2)9-17(26-19)24-14-5-7-15(8-6-14)25-18(27)16-11-21-13(3)10-22-16/h5-11H,4H2,1-3H3,(H,25,27)(H2,20,23,24,26). The average molecular weight is 363 g/mol.